The van der Waals surface area contributed by atoms with Crippen LogP contribution in [-0.4, -0.2) is 48.2 Å². The zero-order valence-electron chi connectivity index (χ0n) is 22.3. The third-order valence-corrected chi connectivity index (χ3v) is 7.24. The number of hydrogen-bond donors (Lipinski definition) is 2. The highest BCUT2D eigenvalue weighted by Gasteiger charge is 2.37. The SMILES string of the molecule is CC[C@@H](OC(=O)[C@H](C)[C@@H](O)[C@@H](C)[C@H](OCc1ccc(OC)cc1)[C@@H](C)C[C@@H](C)CO)[C@H](C)/C=C/I. The molecule has 1 rings (SSSR count). The van der Waals surface area contributed by atoms with Gasteiger partial charge in [0, 0.05) is 18.4 Å². The highest BCUT2D eigenvalue weighted by atomic mass is 127. The van der Waals surface area contributed by atoms with E-state index in [9.17, 15) is 15.0 Å². The molecule has 0 saturated heterocycles. The van der Waals surface area contributed by atoms with Gasteiger partial charge in [-0.1, -0.05) is 75.4 Å². The minimum Gasteiger partial charge on any atom is -0.497 e. The summed E-state index contributed by atoms with van der Waals surface area (Å²) >= 11 is 2.16. The first-order valence-electron chi connectivity index (χ1n) is 12.6. The molecule has 0 aliphatic carbocycles. The standard InChI is InChI=1S/C28H45IO6/c1-8-25(19(3)13-14-29)35-28(32)22(6)26(31)21(5)27(20(4)15-18(2)16-30)34-17-23-9-11-24(33-7)12-10-23/h9-14,18-22,25-27,30-31H,8,15-17H2,1-7H3/b14-13+/t18-,19-,20+,21-,22-,25-,26+,27-/m1/s1. The summed E-state index contributed by atoms with van der Waals surface area (Å²) in [5, 5.41) is 20.8. The van der Waals surface area contributed by atoms with Crippen LogP contribution in [0.4, 0.5) is 0 Å². The van der Waals surface area contributed by atoms with Crippen LogP contribution >= 0.6 is 22.6 Å². The summed E-state index contributed by atoms with van der Waals surface area (Å²) in [5.41, 5.74) is 0.996. The number of halogens is 1. The molecule has 200 valence electrons. The number of ether oxygens (including phenoxy) is 3. The molecular formula is C28H45IO6. The van der Waals surface area contributed by atoms with Crippen LogP contribution in [0, 0.1) is 29.6 Å². The molecule has 0 aliphatic rings. The van der Waals surface area contributed by atoms with E-state index in [1.165, 1.54) is 0 Å². The van der Waals surface area contributed by atoms with E-state index in [1.54, 1.807) is 14.0 Å². The van der Waals surface area contributed by atoms with E-state index in [1.807, 2.05) is 62.1 Å². The van der Waals surface area contributed by atoms with Gasteiger partial charge in [0.15, 0.2) is 0 Å². The van der Waals surface area contributed by atoms with Gasteiger partial charge in [-0.05, 0) is 53.4 Å². The molecule has 1 aromatic rings. The highest BCUT2D eigenvalue weighted by molar-refractivity contribution is 14.1. The van der Waals surface area contributed by atoms with E-state index in [4.69, 9.17) is 14.2 Å². The molecule has 1 aromatic carbocycles. The van der Waals surface area contributed by atoms with Crippen LogP contribution in [0.15, 0.2) is 34.4 Å². The molecule has 8 atom stereocenters. The lowest BCUT2D eigenvalue weighted by Crippen LogP contribution is -2.43. The van der Waals surface area contributed by atoms with Gasteiger partial charge in [0.2, 0.25) is 0 Å². The molecule has 0 aliphatic heterocycles. The summed E-state index contributed by atoms with van der Waals surface area (Å²) < 4.78 is 19.3. The largest absolute Gasteiger partial charge is 0.497 e. The molecule has 0 unspecified atom stereocenters. The van der Waals surface area contributed by atoms with E-state index in [0.29, 0.717) is 13.0 Å². The van der Waals surface area contributed by atoms with Crippen molar-refractivity contribution >= 4 is 28.6 Å². The van der Waals surface area contributed by atoms with Gasteiger partial charge in [0.25, 0.3) is 0 Å². The van der Waals surface area contributed by atoms with Crippen molar-refractivity contribution < 1.29 is 29.2 Å². The molecule has 0 fully saturated rings. The summed E-state index contributed by atoms with van der Waals surface area (Å²) in [4.78, 5) is 12.9. The lowest BCUT2D eigenvalue weighted by atomic mass is 9.81. The monoisotopic (exact) mass is 604 g/mol. The first-order chi connectivity index (χ1) is 16.6. The van der Waals surface area contributed by atoms with Gasteiger partial charge >= 0.3 is 5.97 Å². The van der Waals surface area contributed by atoms with Crippen molar-refractivity contribution in [3.63, 3.8) is 0 Å². The number of carbonyl (C=O) groups excluding carboxylic acids is 1. The Bertz CT molecular complexity index is 752. The number of hydrogen-bond acceptors (Lipinski definition) is 6. The van der Waals surface area contributed by atoms with Gasteiger partial charge < -0.3 is 24.4 Å². The smallest absolute Gasteiger partial charge is 0.311 e. The molecule has 6 nitrogen and oxygen atoms in total. The Labute approximate surface area is 225 Å². The van der Waals surface area contributed by atoms with Gasteiger partial charge in [-0.2, -0.15) is 0 Å². The van der Waals surface area contributed by atoms with Crippen LogP contribution in [0.2, 0.25) is 0 Å². The minimum atomic E-state index is -0.928. The fourth-order valence-electron chi connectivity index (χ4n) is 4.44. The third kappa shape index (κ3) is 10.4. The van der Waals surface area contributed by atoms with Gasteiger partial charge in [-0.3, -0.25) is 4.79 Å². The van der Waals surface area contributed by atoms with Crippen LogP contribution in [0.3, 0.4) is 0 Å². The maximum absolute atomic E-state index is 12.9. The maximum atomic E-state index is 12.9. The fraction of sp³-hybridized carbons (Fsp3) is 0.679. The molecule has 0 spiro atoms. The zero-order valence-corrected chi connectivity index (χ0v) is 24.5. The van der Waals surface area contributed by atoms with Crippen molar-refractivity contribution in [2.24, 2.45) is 29.6 Å². The maximum Gasteiger partial charge on any atom is 0.311 e. The molecule has 0 heterocycles. The molecular weight excluding hydrogens is 559 g/mol. The number of methoxy groups -OCH3 is 1. The van der Waals surface area contributed by atoms with E-state index >= 15 is 0 Å². The number of aliphatic hydroxyl groups excluding tert-OH is 2. The van der Waals surface area contributed by atoms with E-state index in [0.717, 1.165) is 17.7 Å². The molecule has 0 bridgehead atoms. The van der Waals surface area contributed by atoms with Crippen molar-refractivity contribution in [2.45, 2.75) is 79.3 Å². The number of aliphatic hydroxyl groups is 2. The lowest BCUT2D eigenvalue weighted by molar-refractivity contribution is -0.163. The topological polar surface area (TPSA) is 85.2 Å². The second-order valence-corrected chi connectivity index (χ2v) is 10.5. The normalized spacial score (nSPS) is 18.8. The Morgan fingerprint density at radius 2 is 1.74 bits per heavy atom. The summed E-state index contributed by atoms with van der Waals surface area (Å²) in [6.45, 7) is 12.2. The van der Waals surface area contributed by atoms with E-state index < -0.39 is 18.0 Å². The van der Waals surface area contributed by atoms with Crippen LogP contribution in [0.5, 0.6) is 5.75 Å². The fourth-order valence-corrected chi connectivity index (χ4v) is 5.09. The molecule has 35 heavy (non-hydrogen) atoms. The minimum absolute atomic E-state index is 0.0699. The summed E-state index contributed by atoms with van der Waals surface area (Å²) in [6, 6.07) is 7.68. The predicted molar refractivity (Wildman–Crippen MR) is 148 cm³/mol. The average molecular weight is 605 g/mol. The molecule has 2 N–H and O–H groups in total. The van der Waals surface area contributed by atoms with Crippen molar-refractivity contribution in [2.75, 3.05) is 13.7 Å². The number of esters is 1. The second kappa shape index (κ2) is 16.6. The molecule has 0 saturated carbocycles. The predicted octanol–water partition coefficient (Wildman–Crippen LogP) is 5.77. The van der Waals surface area contributed by atoms with Gasteiger partial charge in [0.05, 0.1) is 31.8 Å². The van der Waals surface area contributed by atoms with Crippen LogP contribution in [0.1, 0.15) is 59.9 Å². The Balaban J connectivity index is 2.97. The Morgan fingerprint density at radius 1 is 1.11 bits per heavy atom. The van der Waals surface area contributed by atoms with Crippen LogP contribution in [0.25, 0.3) is 0 Å². The van der Waals surface area contributed by atoms with Crippen LogP contribution < -0.4 is 4.74 Å². The number of benzene rings is 1. The molecule has 0 radical (unpaired) electrons. The summed E-state index contributed by atoms with van der Waals surface area (Å²) in [7, 11) is 1.63. The summed E-state index contributed by atoms with van der Waals surface area (Å²) in [6.07, 6.45) is 2.00. The van der Waals surface area contributed by atoms with E-state index in [-0.39, 0.29) is 42.5 Å². The van der Waals surface area contributed by atoms with Crippen LogP contribution in [-0.2, 0) is 20.9 Å². The van der Waals surface area contributed by atoms with Gasteiger partial charge in [-0.25, -0.2) is 0 Å². The van der Waals surface area contributed by atoms with Crippen molar-refractivity contribution in [3.05, 3.63) is 40.0 Å². The summed E-state index contributed by atoms with van der Waals surface area (Å²) in [5.74, 6) is -0.339. The first kappa shape index (κ1) is 31.9. The quantitative estimate of drug-likeness (QED) is 0.184. The average Bonchev–Trinajstić information content (AvgIpc) is 2.86. The second-order valence-electron chi connectivity index (χ2n) is 9.82. The van der Waals surface area contributed by atoms with Crippen molar-refractivity contribution in [1.82, 2.24) is 0 Å². The number of rotatable bonds is 16. The Morgan fingerprint density at radius 3 is 2.26 bits per heavy atom. The molecule has 0 amide bonds. The molecule has 7 heteroatoms. The first-order valence-corrected chi connectivity index (χ1v) is 13.8. The van der Waals surface area contributed by atoms with Crippen molar-refractivity contribution in [1.29, 1.82) is 0 Å². The lowest BCUT2D eigenvalue weighted by Gasteiger charge is -2.35. The van der Waals surface area contributed by atoms with Gasteiger partial charge in [0.1, 0.15) is 11.9 Å². The Hall–Kier alpha value is -1.16. The number of carbonyl (C=O) groups is 1. The van der Waals surface area contributed by atoms with Crippen molar-refractivity contribution in [3.8, 4) is 5.75 Å². The zero-order chi connectivity index (χ0) is 26.5. The molecule has 0 aromatic heterocycles. The van der Waals surface area contributed by atoms with E-state index in [2.05, 4.69) is 29.5 Å². The highest BCUT2D eigenvalue weighted by Crippen LogP contribution is 2.30. The third-order valence-electron chi connectivity index (χ3n) is 6.82. The Kier molecular flexibility index (Phi) is 15.1. The van der Waals surface area contributed by atoms with Gasteiger partial charge in [-0.15, -0.1) is 0 Å².